The molecule has 0 spiro atoms. The molecule has 1 aromatic carbocycles. The van der Waals surface area contributed by atoms with Gasteiger partial charge in [-0.05, 0) is 31.9 Å². The maximum atomic E-state index is 12.5. The number of rotatable bonds is 6. The van der Waals surface area contributed by atoms with E-state index < -0.39 is 33.9 Å². The SMILES string of the molecule is Cc1nn(Cc2ccccc2)c2sc(C(=O)OCC(=O)N[C@@]3(C)CCS(=O)(=O)C3)cc12. The van der Waals surface area contributed by atoms with Gasteiger partial charge in [0.1, 0.15) is 9.71 Å². The molecule has 1 fully saturated rings. The van der Waals surface area contributed by atoms with Crippen LogP contribution >= 0.6 is 11.3 Å². The van der Waals surface area contributed by atoms with Crippen molar-refractivity contribution in [3.8, 4) is 0 Å². The first-order valence-corrected chi connectivity index (χ1v) is 12.5. The summed E-state index contributed by atoms with van der Waals surface area (Å²) in [6, 6.07) is 11.6. The third kappa shape index (κ3) is 4.80. The first kappa shape index (κ1) is 21.5. The molecule has 3 heterocycles. The highest BCUT2D eigenvalue weighted by molar-refractivity contribution is 7.91. The second kappa shape index (κ2) is 8.08. The van der Waals surface area contributed by atoms with Crippen LogP contribution in [0.5, 0.6) is 0 Å². The highest BCUT2D eigenvalue weighted by Gasteiger charge is 2.39. The lowest BCUT2D eigenvalue weighted by atomic mass is 10.0. The maximum Gasteiger partial charge on any atom is 0.348 e. The Morgan fingerprint density at radius 1 is 1.29 bits per heavy atom. The molecule has 1 aliphatic rings. The molecule has 0 unspecified atom stereocenters. The lowest BCUT2D eigenvalue weighted by molar-refractivity contribution is -0.125. The lowest BCUT2D eigenvalue weighted by Crippen LogP contribution is -2.48. The number of nitrogens with one attached hydrogen (secondary N) is 1. The molecule has 1 aliphatic heterocycles. The van der Waals surface area contributed by atoms with Crippen LogP contribution in [-0.2, 0) is 25.9 Å². The van der Waals surface area contributed by atoms with Gasteiger partial charge in [0.25, 0.3) is 5.91 Å². The zero-order valence-electron chi connectivity index (χ0n) is 17.3. The van der Waals surface area contributed by atoms with E-state index in [9.17, 15) is 18.0 Å². The van der Waals surface area contributed by atoms with Gasteiger partial charge in [-0.2, -0.15) is 5.10 Å². The fourth-order valence-corrected chi connectivity index (χ4v) is 6.91. The molecule has 0 aliphatic carbocycles. The van der Waals surface area contributed by atoms with Crippen LogP contribution in [0.2, 0.25) is 0 Å². The summed E-state index contributed by atoms with van der Waals surface area (Å²) in [6.07, 6.45) is 0.350. The van der Waals surface area contributed by atoms with Crippen LogP contribution in [0.1, 0.15) is 34.3 Å². The number of hydrogen-bond acceptors (Lipinski definition) is 7. The van der Waals surface area contributed by atoms with E-state index in [1.54, 1.807) is 13.0 Å². The van der Waals surface area contributed by atoms with Crippen LogP contribution in [0.15, 0.2) is 36.4 Å². The van der Waals surface area contributed by atoms with E-state index in [2.05, 4.69) is 10.4 Å². The van der Waals surface area contributed by atoms with Crippen LogP contribution in [0.25, 0.3) is 10.2 Å². The van der Waals surface area contributed by atoms with Gasteiger partial charge in [-0.25, -0.2) is 13.2 Å². The van der Waals surface area contributed by atoms with Gasteiger partial charge in [-0.1, -0.05) is 30.3 Å². The first-order valence-electron chi connectivity index (χ1n) is 9.84. The maximum absolute atomic E-state index is 12.5. The van der Waals surface area contributed by atoms with Crippen molar-refractivity contribution in [2.75, 3.05) is 18.1 Å². The van der Waals surface area contributed by atoms with Gasteiger partial charge in [-0.3, -0.25) is 9.48 Å². The predicted molar refractivity (Wildman–Crippen MR) is 118 cm³/mol. The van der Waals surface area contributed by atoms with E-state index in [1.807, 2.05) is 41.9 Å². The highest BCUT2D eigenvalue weighted by atomic mass is 32.2. The van der Waals surface area contributed by atoms with Gasteiger partial charge in [-0.15, -0.1) is 11.3 Å². The van der Waals surface area contributed by atoms with Crippen LogP contribution in [0.3, 0.4) is 0 Å². The number of hydrogen-bond donors (Lipinski definition) is 1. The summed E-state index contributed by atoms with van der Waals surface area (Å²) in [5.41, 5.74) is 1.09. The van der Waals surface area contributed by atoms with Gasteiger partial charge >= 0.3 is 5.97 Å². The molecule has 3 aromatic rings. The number of amides is 1. The molecule has 0 bridgehead atoms. The predicted octanol–water partition coefficient (Wildman–Crippen LogP) is 2.30. The molecular formula is C21H23N3O5S2. The standard InChI is InChI=1S/C21H23N3O5S2/c1-14-16-10-17(30-19(16)24(23-14)11-15-6-4-3-5-7-15)20(26)29-12-18(25)22-21(2)8-9-31(27,28)13-21/h3-7,10H,8-9,11-13H2,1-2H3,(H,22,25)/t21-/m0/s1. The number of nitrogens with zero attached hydrogens (tertiary/aromatic N) is 2. The van der Waals surface area contributed by atoms with Crippen molar-refractivity contribution in [1.29, 1.82) is 0 Å². The molecule has 1 amide bonds. The number of thiophene rings is 1. The normalized spacial score (nSPS) is 20.1. The zero-order chi connectivity index (χ0) is 22.2. The molecule has 0 saturated carbocycles. The molecular weight excluding hydrogens is 438 g/mol. The Hall–Kier alpha value is -2.72. The first-order chi connectivity index (χ1) is 14.6. The quantitative estimate of drug-likeness (QED) is 0.565. The monoisotopic (exact) mass is 461 g/mol. The number of aryl methyl sites for hydroxylation is 1. The average molecular weight is 462 g/mol. The van der Waals surface area contributed by atoms with Gasteiger partial charge < -0.3 is 10.1 Å². The lowest BCUT2D eigenvalue weighted by Gasteiger charge is -2.23. The van der Waals surface area contributed by atoms with E-state index in [-0.39, 0.29) is 11.5 Å². The Balaban J connectivity index is 1.41. The van der Waals surface area contributed by atoms with E-state index in [0.29, 0.717) is 17.8 Å². The summed E-state index contributed by atoms with van der Waals surface area (Å²) < 4.78 is 30.4. The topological polar surface area (TPSA) is 107 Å². The summed E-state index contributed by atoms with van der Waals surface area (Å²) in [7, 11) is -3.14. The number of carbonyl (C=O) groups excluding carboxylic acids is 2. The number of fused-ring (bicyclic) bond motifs is 1. The molecule has 1 N–H and O–H groups in total. The fraction of sp³-hybridized carbons (Fsp3) is 0.381. The van der Waals surface area contributed by atoms with Crippen LogP contribution in [0.4, 0.5) is 0 Å². The molecule has 4 rings (SSSR count). The number of sulfone groups is 1. The fourth-order valence-electron chi connectivity index (χ4n) is 3.76. The summed E-state index contributed by atoms with van der Waals surface area (Å²) in [4.78, 5) is 25.9. The summed E-state index contributed by atoms with van der Waals surface area (Å²) in [5.74, 6) is -1.16. The van der Waals surface area contributed by atoms with Crippen LogP contribution in [0, 0.1) is 6.92 Å². The van der Waals surface area contributed by atoms with Gasteiger partial charge in [0.15, 0.2) is 16.4 Å². The van der Waals surface area contributed by atoms with Crippen molar-refractivity contribution in [2.45, 2.75) is 32.4 Å². The number of carbonyl (C=O) groups is 2. The second-order valence-electron chi connectivity index (χ2n) is 8.09. The molecule has 10 heteroatoms. The molecule has 8 nitrogen and oxygen atoms in total. The van der Waals surface area contributed by atoms with Crippen molar-refractivity contribution in [2.24, 2.45) is 0 Å². The van der Waals surface area contributed by atoms with Crippen molar-refractivity contribution in [3.63, 3.8) is 0 Å². The number of benzene rings is 1. The summed E-state index contributed by atoms with van der Waals surface area (Å²) >= 11 is 1.27. The van der Waals surface area contributed by atoms with Gasteiger partial charge in [0.2, 0.25) is 0 Å². The minimum Gasteiger partial charge on any atom is -0.451 e. The van der Waals surface area contributed by atoms with E-state index >= 15 is 0 Å². The van der Waals surface area contributed by atoms with Gasteiger partial charge in [0.05, 0.1) is 29.3 Å². The number of ether oxygens (including phenoxy) is 1. The van der Waals surface area contributed by atoms with Crippen molar-refractivity contribution < 1.29 is 22.7 Å². The highest BCUT2D eigenvalue weighted by Crippen LogP contribution is 2.29. The Morgan fingerprint density at radius 3 is 2.71 bits per heavy atom. The van der Waals surface area contributed by atoms with Gasteiger partial charge in [0, 0.05) is 5.39 Å². The molecule has 31 heavy (non-hydrogen) atoms. The average Bonchev–Trinajstić information content (AvgIpc) is 3.35. The van der Waals surface area contributed by atoms with E-state index in [1.165, 1.54) is 11.3 Å². The van der Waals surface area contributed by atoms with Crippen molar-refractivity contribution >= 4 is 43.3 Å². The molecule has 2 aromatic heterocycles. The molecule has 164 valence electrons. The third-order valence-corrected chi connectivity index (χ3v) is 8.29. The minimum absolute atomic E-state index is 0.0463. The Labute approximate surface area is 184 Å². The number of esters is 1. The molecule has 1 saturated heterocycles. The van der Waals surface area contributed by atoms with E-state index in [4.69, 9.17) is 4.74 Å². The minimum atomic E-state index is -3.14. The number of aromatic nitrogens is 2. The largest absolute Gasteiger partial charge is 0.451 e. The second-order valence-corrected chi connectivity index (χ2v) is 11.3. The van der Waals surface area contributed by atoms with Crippen molar-refractivity contribution in [1.82, 2.24) is 15.1 Å². The Bertz CT molecular complexity index is 1250. The zero-order valence-corrected chi connectivity index (χ0v) is 18.9. The molecule has 1 atom stereocenters. The molecule has 0 radical (unpaired) electrons. The van der Waals surface area contributed by atoms with Crippen LogP contribution in [-0.4, -0.2) is 53.7 Å². The summed E-state index contributed by atoms with van der Waals surface area (Å²) in [5, 5.41) is 8.11. The van der Waals surface area contributed by atoms with Crippen molar-refractivity contribution in [3.05, 3.63) is 52.5 Å². The summed E-state index contributed by atoms with van der Waals surface area (Å²) in [6.45, 7) is 3.70. The van der Waals surface area contributed by atoms with Crippen LogP contribution < -0.4 is 5.32 Å². The third-order valence-electron chi connectivity index (χ3n) is 5.26. The Morgan fingerprint density at radius 2 is 2.03 bits per heavy atom. The van der Waals surface area contributed by atoms with E-state index in [0.717, 1.165) is 21.5 Å². The smallest absolute Gasteiger partial charge is 0.348 e. The Kier molecular flexibility index (Phi) is 5.61.